The summed E-state index contributed by atoms with van der Waals surface area (Å²) >= 11 is 6.29. The molecule has 0 aromatic heterocycles. The van der Waals surface area contributed by atoms with Crippen molar-refractivity contribution in [3.63, 3.8) is 0 Å². The van der Waals surface area contributed by atoms with Crippen molar-refractivity contribution >= 4 is 44.6 Å². The van der Waals surface area contributed by atoms with E-state index in [9.17, 15) is 18.0 Å². The molecule has 3 aromatic rings. The molecule has 0 saturated carbocycles. The largest absolute Gasteiger partial charge is 0.326 e. The van der Waals surface area contributed by atoms with Crippen LogP contribution in [0.5, 0.6) is 0 Å². The second-order valence-corrected chi connectivity index (χ2v) is 10.6. The van der Waals surface area contributed by atoms with Crippen molar-refractivity contribution in [2.45, 2.75) is 37.5 Å². The van der Waals surface area contributed by atoms with Gasteiger partial charge in [-0.05, 0) is 68.1 Å². The van der Waals surface area contributed by atoms with Crippen LogP contribution >= 0.6 is 11.6 Å². The number of benzene rings is 3. The van der Waals surface area contributed by atoms with Crippen LogP contribution in [0.2, 0.25) is 5.02 Å². The van der Waals surface area contributed by atoms with Gasteiger partial charge in [0, 0.05) is 23.9 Å². The molecule has 0 fully saturated rings. The molecule has 0 saturated heterocycles. The van der Waals surface area contributed by atoms with E-state index in [1.165, 1.54) is 35.4 Å². The van der Waals surface area contributed by atoms with E-state index in [0.29, 0.717) is 17.8 Å². The summed E-state index contributed by atoms with van der Waals surface area (Å²) in [7, 11) is -3.43. The quantitative estimate of drug-likeness (QED) is 0.372. The van der Waals surface area contributed by atoms with Crippen molar-refractivity contribution in [2.75, 3.05) is 16.9 Å². The number of carbonyl (C=O) groups excluding carboxylic acids is 2. The van der Waals surface area contributed by atoms with Crippen molar-refractivity contribution in [1.29, 1.82) is 0 Å². The molecule has 2 N–H and O–H groups in total. The maximum Gasteiger partial charge on any atom is 0.255 e. The molecule has 0 atom stereocenters. The number of unbranched alkanes of at least 4 members (excludes halogenated alkanes) is 1. The standard InChI is InChI=1S/C26H27ClN2O4S/c1-18-10-12-19(13-11-18)6-3-4-9-25(30)28-21-14-15-24(23(27)17-21)29-26(31)20-7-5-8-22(16-20)34(2,32)33/h5,7-8,10-17H,3-4,6,9H2,1-2H3,(H,28,30)(H,29,31). The molecule has 3 aromatic carbocycles. The highest BCUT2D eigenvalue weighted by Crippen LogP contribution is 2.26. The average Bonchev–Trinajstić information content (AvgIpc) is 2.79. The van der Waals surface area contributed by atoms with Gasteiger partial charge in [-0.15, -0.1) is 0 Å². The molecule has 0 unspecified atom stereocenters. The van der Waals surface area contributed by atoms with Gasteiger partial charge in [0.2, 0.25) is 5.91 Å². The van der Waals surface area contributed by atoms with Crippen LogP contribution in [0.1, 0.15) is 40.7 Å². The first kappa shape index (κ1) is 25.5. The van der Waals surface area contributed by atoms with Gasteiger partial charge in [0.05, 0.1) is 15.6 Å². The topological polar surface area (TPSA) is 92.3 Å². The number of halogens is 1. The summed E-state index contributed by atoms with van der Waals surface area (Å²) in [5.41, 5.74) is 3.58. The number of sulfone groups is 1. The van der Waals surface area contributed by atoms with Crippen molar-refractivity contribution in [2.24, 2.45) is 0 Å². The second-order valence-electron chi connectivity index (χ2n) is 8.19. The monoisotopic (exact) mass is 498 g/mol. The van der Waals surface area contributed by atoms with Crippen LogP contribution in [0.3, 0.4) is 0 Å². The summed E-state index contributed by atoms with van der Waals surface area (Å²) in [5, 5.41) is 5.75. The minimum absolute atomic E-state index is 0.0585. The number of rotatable bonds is 9. The summed E-state index contributed by atoms with van der Waals surface area (Å²) in [6, 6.07) is 19.0. The Hall–Kier alpha value is -3.16. The molecule has 0 aliphatic carbocycles. The zero-order valence-electron chi connectivity index (χ0n) is 19.1. The van der Waals surface area contributed by atoms with Crippen LogP contribution in [-0.4, -0.2) is 26.5 Å². The molecule has 0 bridgehead atoms. The van der Waals surface area contributed by atoms with Gasteiger partial charge in [0.15, 0.2) is 9.84 Å². The van der Waals surface area contributed by atoms with Crippen LogP contribution in [0, 0.1) is 6.92 Å². The van der Waals surface area contributed by atoms with Crippen LogP contribution in [0.4, 0.5) is 11.4 Å². The highest BCUT2D eigenvalue weighted by Gasteiger charge is 2.13. The fourth-order valence-corrected chi connectivity index (χ4v) is 4.24. The van der Waals surface area contributed by atoms with E-state index in [1.54, 1.807) is 18.2 Å². The molecule has 0 heterocycles. The van der Waals surface area contributed by atoms with Gasteiger partial charge in [-0.2, -0.15) is 0 Å². The first-order valence-electron chi connectivity index (χ1n) is 10.9. The van der Waals surface area contributed by atoms with E-state index >= 15 is 0 Å². The molecule has 0 aliphatic rings. The normalized spacial score (nSPS) is 11.1. The van der Waals surface area contributed by atoms with Gasteiger partial charge in [-0.25, -0.2) is 8.42 Å². The highest BCUT2D eigenvalue weighted by atomic mass is 35.5. The summed E-state index contributed by atoms with van der Waals surface area (Å²) in [6.45, 7) is 2.06. The number of anilines is 2. The van der Waals surface area contributed by atoms with Gasteiger partial charge in [0.1, 0.15) is 0 Å². The molecular formula is C26H27ClN2O4S. The maximum absolute atomic E-state index is 12.5. The average molecular weight is 499 g/mol. The molecule has 8 heteroatoms. The lowest BCUT2D eigenvalue weighted by Crippen LogP contribution is -2.14. The molecule has 0 aliphatic heterocycles. The first-order valence-corrected chi connectivity index (χ1v) is 13.2. The van der Waals surface area contributed by atoms with E-state index in [0.717, 1.165) is 25.5 Å². The van der Waals surface area contributed by atoms with Crippen molar-refractivity contribution in [3.05, 3.63) is 88.4 Å². The number of amides is 2. The molecule has 3 rings (SSSR count). The second kappa shape index (κ2) is 11.3. The lowest BCUT2D eigenvalue weighted by molar-refractivity contribution is -0.116. The first-order chi connectivity index (χ1) is 16.1. The van der Waals surface area contributed by atoms with Crippen LogP contribution in [-0.2, 0) is 21.1 Å². The van der Waals surface area contributed by atoms with Gasteiger partial charge >= 0.3 is 0 Å². The lowest BCUT2D eigenvalue weighted by atomic mass is 10.1. The van der Waals surface area contributed by atoms with Gasteiger partial charge in [-0.1, -0.05) is 47.5 Å². The molecular weight excluding hydrogens is 472 g/mol. The Morgan fingerprint density at radius 3 is 2.32 bits per heavy atom. The Kier molecular flexibility index (Phi) is 8.47. The third kappa shape index (κ3) is 7.43. The molecule has 0 radical (unpaired) electrons. The highest BCUT2D eigenvalue weighted by molar-refractivity contribution is 7.90. The Morgan fingerprint density at radius 1 is 0.912 bits per heavy atom. The number of carbonyl (C=O) groups is 2. The Balaban J connectivity index is 1.51. The SMILES string of the molecule is Cc1ccc(CCCCC(=O)Nc2ccc(NC(=O)c3cccc(S(C)(=O)=O)c3)c(Cl)c2)cc1. The van der Waals surface area contributed by atoms with Crippen LogP contribution in [0.25, 0.3) is 0 Å². The van der Waals surface area contributed by atoms with Gasteiger partial charge < -0.3 is 10.6 Å². The minimum Gasteiger partial charge on any atom is -0.326 e. The predicted octanol–water partition coefficient (Wildman–Crippen LogP) is 5.66. The summed E-state index contributed by atoms with van der Waals surface area (Å²) in [4.78, 5) is 24.9. The van der Waals surface area contributed by atoms with Gasteiger partial charge in [-0.3, -0.25) is 9.59 Å². The summed E-state index contributed by atoms with van der Waals surface area (Å²) in [6.07, 6.45) is 4.11. The number of hydrogen-bond acceptors (Lipinski definition) is 4. The third-order valence-corrected chi connectivity index (χ3v) is 6.69. The van der Waals surface area contributed by atoms with Crippen molar-refractivity contribution < 1.29 is 18.0 Å². The molecule has 34 heavy (non-hydrogen) atoms. The molecule has 0 spiro atoms. The smallest absolute Gasteiger partial charge is 0.255 e. The maximum atomic E-state index is 12.5. The van der Waals surface area contributed by atoms with E-state index in [1.807, 2.05) is 0 Å². The minimum atomic E-state index is -3.43. The van der Waals surface area contributed by atoms with Crippen LogP contribution in [0.15, 0.2) is 71.6 Å². The Morgan fingerprint density at radius 2 is 1.65 bits per heavy atom. The predicted molar refractivity (Wildman–Crippen MR) is 136 cm³/mol. The fraction of sp³-hybridized carbons (Fsp3) is 0.231. The molecule has 2 amide bonds. The molecule has 178 valence electrons. The Labute approximate surface area is 205 Å². The third-order valence-electron chi connectivity index (χ3n) is 5.27. The van der Waals surface area contributed by atoms with E-state index < -0.39 is 15.7 Å². The van der Waals surface area contributed by atoms with Crippen molar-refractivity contribution in [1.82, 2.24) is 0 Å². The zero-order valence-corrected chi connectivity index (χ0v) is 20.7. The van der Waals surface area contributed by atoms with E-state index in [-0.39, 0.29) is 21.4 Å². The van der Waals surface area contributed by atoms with Crippen molar-refractivity contribution in [3.8, 4) is 0 Å². The number of aryl methyl sites for hydroxylation is 2. The number of nitrogens with one attached hydrogen (secondary N) is 2. The zero-order chi connectivity index (χ0) is 24.7. The Bertz CT molecular complexity index is 1290. The van der Waals surface area contributed by atoms with E-state index in [2.05, 4.69) is 41.8 Å². The van der Waals surface area contributed by atoms with Crippen LogP contribution < -0.4 is 10.6 Å². The number of hydrogen-bond donors (Lipinski definition) is 2. The summed E-state index contributed by atoms with van der Waals surface area (Å²) in [5.74, 6) is -0.591. The fourth-order valence-electron chi connectivity index (χ4n) is 3.35. The van der Waals surface area contributed by atoms with Gasteiger partial charge in [0.25, 0.3) is 5.91 Å². The lowest BCUT2D eigenvalue weighted by Gasteiger charge is -2.11. The van der Waals surface area contributed by atoms with E-state index in [4.69, 9.17) is 11.6 Å². The molecule has 6 nitrogen and oxygen atoms in total. The summed E-state index contributed by atoms with van der Waals surface area (Å²) < 4.78 is 23.4.